The van der Waals surface area contributed by atoms with Crippen LogP contribution in [0.25, 0.3) is 0 Å². The second-order valence-corrected chi connectivity index (χ2v) is 9.22. The SMILES string of the molecule is CCCCCCCCC[N+](C)(C)CCCl.Cc1ccc(S(=O)(=O)[O-])cc1. The summed E-state index contributed by atoms with van der Waals surface area (Å²) in [6.45, 7) is 6.46. The smallest absolute Gasteiger partial charge is 0.124 e. The van der Waals surface area contributed by atoms with Crippen LogP contribution in [0.2, 0.25) is 0 Å². The minimum absolute atomic E-state index is 0.178. The average Bonchev–Trinajstić information content (AvgIpc) is 2.54. The van der Waals surface area contributed by atoms with E-state index in [4.69, 9.17) is 11.6 Å². The van der Waals surface area contributed by atoms with Crippen LogP contribution in [-0.4, -0.2) is 50.5 Å². The first-order chi connectivity index (χ1) is 12.1. The fourth-order valence-corrected chi connectivity index (χ4v) is 3.47. The zero-order valence-corrected chi connectivity index (χ0v) is 18.4. The highest BCUT2D eigenvalue weighted by Crippen LogP contribution is 2.09. The summed E-state index contributed by atoms with van der Waals surface area (Å²) in [5.74, 6) is 0.781. The van der Waals surface area contributed by atoms with Crippen LogP contribution in [0.1, 0.15) is 57.4 Å². The third-order valence-corrected chi connectivity index (χ3v) is 5.39. The highest BCUT2D eigenvalue weighted by molar-refractivity contribution is 7.85. The molecule has 1 aromatic rings. The van der Waals surface area contributed by atoms with Crippen molar-refractivity contribution in [3.8, 4) is 0 Å². The molecule has 0 saturated carbocycles. The molecular weight excluding hydrogens is 370 g/mol. The Hall–Kier alpha value is -0.620. The molecule has 152 valence electrons. The van der Waals surface area contributed by atoms with E-state index in [1.54, 1.807) is 12.1 Å². The standard InChI is InChI=1S/C13H29ClN.C7H8O3S/c1-4-5-6-7-8-9-10-12-15(2,3)13-11-14;1-6-2-4-7(5-3-6)11(8,9)10/h4-13H2,1-3H3;2-5H,1H3,(H,8,9,10)/q+1;/p-1. The molecule has 0 fully saturated rings. The average molecular weight is 406 g/mol. The molecule has 0 aromatic heterocycles. The molecule has 0 aliphatic carbocycles. The molecule has 0 heterocycles. The molecule has 26 heavy (non-hydrogen) atoms. The van der Waals surface area contributed by atoms with Crippen LogP contribution in [0.4, 0.5) is 0 Å². The number of benzene rings is 1. The number of alkyl halides is 1. The Morgan fingerprint density at radius 2 is 1.42 bits per heavy atom. The molecule has 0 aliphatic rings. The third kappa shape index (κ3) is 13.6. The summed E-state index contributed by atoms with van der Waals surface area (Å²) in [6.07, 6.45) is 9.78. The second-order valence-electron chi connectivity index (χ2n) is 7.46. The van der Waals surface area contributed by atoms with Crippen LogP contribution in [0.3, 0.4) is 0 Å². The van der Waals surface area contributed by atoms with E-state index in [2.05, 4.69) is 21.0 Å². The number of unbranched alkanes of at least 4 members (excludes halogenated alkanes) is 6. The van der Waals surface area contributed by atoms with Crippen molar-refractivity contribution in [3.63, 3.8) is 0 Å². The minimum atomic E-state index is -4.27. The van der Waals surface area contributed by atoms with Crippen LogP contribution < -0.4 is 0 Å². The van der Waals surface area contributed by atoms with Gasteiger partial charge in [0, 0.05) is 0 Å². The van der Waals surface area contributed by atoms with Gasteiger partial charge in [0.05, 0.1) is 38.0 Å². The van der Waals surface area contributed by atoms with Crippen molar-refractivity contribution in [2.75, 3.05) is 33.1 Å². The summed E-state index contributed by atoms with van der Waals surface area (Å²) < 4.78 is 32.2. The first kappa shape index (κ1) is 25.4. The molecule has 0 spiro atoms. The van der Waals surface area contributed by atoms with E-state index in [1.807, 2.05) is 6.92 Å². The van der Waals surface area contributed by atoms with Crippen molar-refractivity contribution in [2.24, 2.45) is 0 Å². The lowest BCUT2D eigenvalue weighted by molar-refractivity contribution is -0.888. The Kier molecular flexibility index (Phi) is 13.2. The van der Waals surface area contributed by atoms with E-state index in [-0.39, 0.29) is 4.90 Å². The Labute approximate surface area is 165 Å². The van der Waals surface area contributed by atoms with E-state index < -0.39 is 10.1 Å². The molecule has 0 amide bonds. The van der Waals surface area contributed by atoms with Gasteiger partial charge in [0.15, 0.2) is 0 Å². The predicted molar refractivity (Wildman–Crippen MR) is 110 cm³/mol. The van der Waals surface area contributed by atoms with Crippen molar-refractivity contribution in [1.82, 2.24) is 0 Å². The van der Waals surface area contributed by atoms with Gasteiger partial charge >= 0.3 is 0 Å². The Morgan fingerprint density at radius 1 is 0.923 bits per heavy atom. The number of rotatable bonds is 11. The van der Waals surface area contributed by atoms with Crippen LogP contribution >= 0.6 is 11.6 Å². The van der Waals surface area contributed by atoms with Gasteiger partial charge in [-0.2, -0.15) is 0 Å². The van der Waals surface area contributed by atoms with Crippen LogP contribution in [0.15, 0.2) is 29.2 Å². The lowest BCUT2D eigenvalue weighted by atomic mass is 10.1. The number of nitrogens with zero attached hydrogens (tertiary/aromatic N) is 1. The van der Waals surface area contributed by atoms with E-state index in [9.17, 15) is 13.0 Å². The number of halogens is 1. The van der Waals surface area contributed by atoms with Gasteiger partial charge in [-0.15, -0.1) is 11.6 Å². The summed E-state index contributed by atoms with van der Waals surface area (Å²) in [6, 6.07) is 5.78. The van der Waals surface area contributed by atoms with Crippen molar-refractivity contribution in [1.29, 1.82) is 0 Å². The van der Waals surface area contributed by atoms with E-state index in [0.717, 1.165) is 22.5 Å². The largest absolute Gasteiger partial charge is 0.744 e. The van der Waals surface area contributed by atoms with Crippen LogP contribution in [-0.2, 0) is 10.1 Å². The summed E-state index contributed by atoms with van der Waals surface area (Å²) in [4.78, 5) is -0.178. The number of aryl methyl sites for hydroxylation is 1. The molecular formula is C20H36ClNO3S. The lowest BCUT2D eigenvalue weighted by Crippen LogP contribution is -2.41. The van der Waals surface area contributed by atoms with E-state index in [0.29, 0.717) is 0 Å². The zero-order chi connectivity index (χ0) is 20.1. The summed E-state index contributed by atoms with van der Waals surface area (Å²) in [7, 11) is 0.285. The summed E-state index contributed by atoms with van der Waals surface area (Å²) in [5.41, 5.74) is 0.928. The van der Waals surface area contributed by atoms with Gasteiger partial charge in [-0.1, -0.05) is 56.7 Å². The summed E-state index contributed by atoms with van der Waals surface area (Å²) >= 11 is 5.77. The van der Waals surface area contributed by atoms with Crippen LogP contribution in [0.5, 0.6) is 0 Å². The molecule has 6 heteroatoms. The number of hydrogen-bond acceptors (Lipinski definition) is 3. The quantitative estimate of drug-likeness (QED) is 0.226. The molecule has 0 aliphatic heterocycles. The Balaban J connectivity index is 0.000000502. The molecule has 4 nitrogen and oxygen atoms in total. The Morgan fingerprint density at radius 3 is 1.88 bits per heavy atom. The van der Waals surface area contributed by atoms with Gasteiger partial charge in [-0.25, -0.2) is 8.42 Å². The topological polar surface area (TPSA) is 57.2 Å². The van der Waals surface area contributed by atoms with Crippen molar-refractivity contribution < 1.29 is 17.5 Å². The van der Waals surface area contributed by atoms with Crippen LogP contribution in [0, 0.1) is 6.92 Å². The number of quaternary nitrogens is 1. The molecule has 0 radical (unpaired) electrons. The van der Waals surface area contributed by atoms with Gasteiger partial charge in [0.2, 0.25) is 0 Å². The van der Waals surface area contributed by atoms with Gasteiger partial charge in [-0.05, 0) is 31.9 Å². The highest BCUT2D eigenvalue weighted by atomic mass is 35.5. The fraction of sp³-hybridized carbons (Fsp3) is 0.700. The van der Waals surface area contributed by atoms with E-state index in [1.165, 1.54) is 63.6 Å². The minimum Gasteiger partial charge on any atom is -0.744 e. The van der Waals surface area contributed by atoms with E-state index >= 15 is 0 Å². The maximum atomic E-state index is 10.4. The normalized spacial score (nSPS) is 11.8. The molecule has 0 N–H and O–H groups in total. The molecule has 0 bridgehead atoms. The fourth-order valence-electron chi connectivity index (χ4n) is 2.54. The zero-order valence-electron chi connectivity index (χ0n) is 16.8. The summed E-state index contributed by atoms with van der Waals surface area (Å²) in [5, 5.41) is 0. The second kappa shape index (κ2) is 13.5. The molecule has 0 atom stereocenters. The first-order valence-electron chi connectivity index (χ1n) is 9.53. The lowest BCUT2D eigenvalue weighted by Gasteiger charge is -2.28. The van der Waals surface area contributed by atoms with Gasteiger partial charge in [-0.3, -0.25) is 0 Å². The van der Waals surface area contributed by atoms with Gasteiger partial charge in [0.1, 0.15) is 10.1 Å². The van der Waals surface area contributed by atoms with Gasteiger partial charge < -0.3 is 9.04 Å². The maximum absolute atomic E-state index is 10.4. The van der Waals surface area contributed by atoms with Crippen molar-refractivity contribution in [2.45, 2.75) is 63.7 Å². The molecule has 0 unspecified atom stereocenters. The monoisotopic (exact) mass is 405 g/mol. The third-order valence-electron chi connectivity index (χ3n) is 4.37. The molecule has 1 aromatic carbocycles. The maximum Gasteiger partial charge on any atom is 0.124 e. The highest BCUT2D eigenvalue weighted by Gasteiger charge is 2.12. The molecule has 0 saturated heterocycles. The van der Waals surface area contributed by atoms with Crippen molar-refractivity contribution >= 4 is 21.7 Å². The Bertz CT molecular complexity index is 571. The molecule has 1 rings (SSSR count). The predicted octanol–water partition coefficient (Wildman–Crippen LogP) is 4.95. The van der Waals surface area contributed by atoms with Crippen molar-refractivity contribution in [3.05, 3.63) is 29.8 Å². The van der Waals surface area contributed by atoms with Gasteiger partial charge in [0.25, 0.3) is 0 Å². The number of hydrogen-bond donors (Lipinski definition) is 0. The first-order valence-corrected chi connectivity index (χ1v) is 11.5.